The lowest BCUT2D eigenvalue weighted by atomic mass is 9.83. The van der Waals surface area contributed by atoms with Crippen LogP contribution in [0.5, 0.6) is 11.5 Å². The number of anilines is 2. The van der Waals surface area contributed by atoms with Gasteiger partial charge in [-0.25, -0.2) is 0 Å². The average molecular weight is 462 g/mol. The smallest absolute Gasteiger partial charge is 0.420 e. The molecule has 0 radical (unpaired) electrons. The summed E-state index contributed by atoms with van der Waals surface area (Å²) in [6, 6.07) is 6.81. The number of halogens is 6. The van der Waals surface area contributed by atoms with E-state index < -0.39 is 23.5 Å². The Kier molecular flexibility index (Phi) is 7.00. The Hall–Kier alpha value is -2.78. The van der Waals surface area contributed by atoms with Crippen LogP contribution in [0.3, 0.4) is 0 Å². The minimum atomic E-state index is -4.57. The van der Waals surface area contributed by atoms with E-state index in [4.69, 9.17) is 20.9 Å². The topological polar surface area (TPSA) is 70.5 Å². The van der Waals surface area contributed by atoms with E-state index in [0.29, 0.717) is 25.7 Å². The molecule has 1 fully saturated rings. The molecule has 1 aliphatic carbocycles. The van der Waals surface area contributed by atoms with Crippen LogP contribution in [0.2, 0.25) is 0 Å². The van der Waals surface area contributed by atoms with Gasteiger partial charge in [0.05, 0.1) is 24.3 Å². The molecule has 0 amide bonds. The SMILES string of the molecule is Nc1ccc(OCC2CCC(COc3ccc(N)cc3C(F)(F)F)CC2)c(C(F)(F)F)c1. The molecule has 3 rings (SSSR count). The summed E-state index contributed by atoms with van der Waals surface area (Å²) in [6.45, 7) is 0.244. The van der Waals surface area contributed by atoms with Crippen molar-refractivity contribution in [1.29, 1.82) is 0 Å². The van der Waals surface area contributed by atoms with E-state index in [1.165, 1.54) is 24.3 Å². The zero-order valence-corrected chi connectivity index (χ0v) is 17.1. The van der Waals surface area contributed by atoms with Gasteiger partial charge in [-0.1, -0.05) is 0 Å². The molecule has 1 saturated carbocycles. The fraction of sp³-hybridized carbons (Fsp3) is 0.455. The first kappa shape index (κ1) is 23.9. The van der Waals surface area contributed by atoms with Crippen molar-refractivity contribution in [1.82, 2.24) is 0 Å². The Bertz CT molecular complexity index is 846. The molecule has 4 nitrogen and oxygen atoms in total. The Labute approximate surface area is 181 Å². The van der Waals surface area contributed by atoms with Crippen molar-refractivity contribution in [3.8, 4) is 11.5 Å². The third kappa shape index (κ3) is 6.14. The first-order valence-electron chi connectivity index (χ1n) is 10.1. The summed E-state index contributed by atoms with van der Waals surface area (Å²) in [5.41, 5.74) is 9.08. The van der Waals surface area contributed by atoms with E-state index in [0.717, 1.165) is 12.1 Å². The quantitative estimate of drug-likeness (QED) is 0.399. The van der Waals surface area contributed by atoms with Crippen molar-refractivity contribution in [2.45, 2.75) is 38.0 Å². The van der Waals surface area contributed by atoms with Gasteiger partial charge in [0.15, 0.2) is 0 Å². The maximum Gasteiger partial charge on any atom is 0.420 e. The molecule has 0 aromatic heterocycles. The van der Waals surface area contributed by atoms with Gasteiger partial charge in [0.25, 0.3) is 0 Å². The Morgan fingerprint density at radius 2 is 1.00 bits per heavy atom. The van der Waals surface area contributed by atoms with Crippen LogP contribution >= 0.6 is 0 Å². The van der Waals surface area contributed by atoms with Gasteiger partial charge in [0, 0.05) is 11.4 Å². The van der Waals surface area contributed by atoms with Gasteiger partial charge in [-0.05, 0) is 73.9 Å². The number of ether oxygens (including phenoxy) is 2. The summed E-state index contributed by atoms with van der Waals surface area (Å²) >= 11 is 0. The second-order valence-electron chi connectivity index (χ2n) is 8.02. The Morgan fingerprint density at radius 3 is 1.31 bits per heavy atom. The highest BCUT2D eigenvalue weighted by molar-refractivity contribution is 5.50. The van der Waals surface area contributed by atoms with Gasteiger partial charge < -0.3 is 20.9 Å². The fourth-order valence-corrected chi connectivity index (χ4v) is 3.77. The standard InChI is InChI=1S/C22H24F6N2O2/c23-21(24,25)17-9-15(29)5-7-19(17)31-11-13-1-2-14(4-3-13)12-32-20-8-6-16(30)10-18(20)22(26,27)28/h5-10,13-14H,1-4,11-12,29-30H2. The number of nitrogen functional groups attached to an aromatic ring is 2. The molecule has 32 heavy (non-hydrogen) atoms. The van der Waals surface area contributed by atoms with Gasteiger partial charge in [0.2, 0.25) is 0 Å². The lowest BCUT2D eigenvalue weighted by Crippen LogP contribution is -2.24. The van der Waals surface area contributed by atoms with Crippen molar-refractivity contribution >= 4 is 11.4 Å². The predicted molar refractivity (Wildman–Crippen MR) is 108 cm³/mol. The normalized spacial score (nSPS) is 19.6. The molecule has 0 unspecified atom stereocenters. The molecule has 0 saturated heterocycles. The largest absolute Gasteiger partial charge is 0.493 e. The van der Waals surface area contributed by atoms with E-state index in [-0.39, 0.29) is 47.9 Å². The number of alkyl halides is 6. The highest BCUT2D eigenvalue weighted by Gasteiger charge is 2.36. The highest BCUT2D eigenvalue weighted by atomic mass is 19.4. The summed E-state index contributed by atoms with van der Waals surface area (Å²) in [4.78, 5) is 0. The summed E-state index contributed by atoms with van der Waals surface area (Å²) in [6.07, 6.45) is -6.43. The molecular formula is C22H24F6N2O2. The zero-order valence-electron chi connectivity index (χ0n) is 17.1. The first-order valence-corrected chi connectivity index (χ1v) is 10.1. The summed E-state index contributed by atoms with van der Waals surface area (Å²) < 4.78 is 89.9. The molecule has 2 aromatic rings. The minimum absolute atomic E-state index is 0.0000312. The molecular weight excluding hydrogens is 438 g/mol. The molecule has 0 aliphatic heterocycles. The summed E-state index contributed by atoms with van der Waals surface area (Å²) in [5.74, 6) is -0.431. The Morgan fingerprint density at radius 1 is 0.656 bits per heavy atom. The molecule has 10 heteroatoms. The van der Waals surface area contributed by atoms with E-state index in [1.807, 2.05) is 0 Å². The molecule has 1 aliphatic rings. The van der Waals surface area contributed by atoms with Crippen molar-refractivity contribution in [2.24, 2.45) is 11.8 Å². The maximum atomic E-state index is 13.2. The number of rotatable bonds is 6. The number of nitrogens with two attached hydrogens (primary N) is 2. The highest BCUT2D eigenvalue weighted by Crippen LogP contribution is 2.40. The van der Waals surface area contributed by atoms with E-state index in [1.54, 1.807) is 0 Å². The van der Waals surface area contributed by atoms with Gasteiger partial charge in [-0.15, -0.1) is 0 Å². The Balaban J connectivity index is 1.51. The number of hydrogen-bond acceptors (Lipinski definition) is 4. The van der Waals surface area contributed by atoms with Gasteiger partial charge in [0.1, 0.15) is 11.5 Å². The second kappa shape index (κ2) is 9.38. The van der Waals surface area contributed by atoms with Crippen molar-refractivity contribution in [2.75, 3.05) is 24.7 Å². The summed E-state index contributed by atoms with van der Waals surface area (Å²) in [5, 5.41) is 0. The summed E-state index contributed by atoms with van der Waals surface area (Å²) in [7, 11) is 0. The first-order chi connectivity index (χ1) is 14.9. The minimum Gasteiger partial charge on any atom is -0.493 e. The van der Waals surface area contributed by atoms with Crippen LogP contribution < -0.4 is 20.9 Å². The second-order valence-corrected chi connectivity index (χ2v) is 8.02. The van der Waals surface area contributed by atoms with Gasteiger partial charge in [-0.2, -0.15) is 26.3 Å². The van der Waals surface area contributed by atoms with Crippen molar-refractivity contribution in [3.63, 3.8) is 0 Å². The lowest BCUT2D eigenvalue weighted by Gasteiger charge is -2.29. The molecule has 4 N–H and O–H groups in total. The van der Waals surface area contributed by atoms with Crippen LogP contribution in [0, 0.1) is 11.8 Å². The molecule has 2 aromatic carbocycles. The van der Waals surface area contributed by atoms with E-state index in [2.05, 4.69) is 0 Å². The van der Waals surface area contributed by atoms with Crippen molar-refractivity contribution in [3.05, 3.63) is 47.5 Å². The molecule has 0 heterocycles. The monoisotopic (exact) mass is 462 g/mol. The van der Waals surface area contributed by atoms with Crippen LogP contribution in [0.1, 0.15) is 36.8 Å². The molecule has 0 spiro atoms. The number of benzene rings is 2. The predicted octanol–water partition coefficient (Wildman–Crippen LogP) is 6.15. The van der Waals surface area contributed by atoms with Crippen LogP contribution in [-0.4, -0.2) is 13.2 Å². The van der Waals surface area contributed by atoms with E-state index >= 15 is 0 Å². The van der Waals surface area contributed by atoms with Gasteiger partial charge in [-0.3, -0.25) is 0 Å². The zero-order chi connectivity index (χ0) is 23.5. The average Bonchev–Trinajstić information content (AvgIpc) is 2.71. The van der Waals surface area contributed by atoms with Gasteiger partial charge >= 0.3 is 12.4 Å². The molecule has 0 atom stereocenters. The molecule has 176 valence electrons. The number of hydrogen-bond donors (Lipinski definition) is 2. The molecule has 0 bridgehead atoms. The fourth-order valence-electron chi connectivity index (χ4n) is 3.77. The third-order valence-electron chi connectivity index (χ3n) is 5.53. The maximum absolute atomic E-state index is 13.2. The van der Waals surface area contributed by atoms with Crippen LogP contribution in [0.4, 0.5) is 37.7 Å². The van der Waals surface area contributed by atoms with Crippen LogP contribution in [0.15, 0.2) is 36.4 Å². The van der Waals surface area contributed by atoms with Crippen LogP contribution in [0.25, 0.3) is 0 Å². The van der Waals surface area contributed by atoms with Crippen LogP contribution in [-0.2, 0) is 12.4 Å². The van der Waals surface area contributed by atoms with Crippen molar-refractivity contribution < 1.29 is 35.8 Å². The third-order valence-corrected chi connectivity index (χ3v) is 5.53. The lowest BCUT2D eigenvalue weighted by molar-refractivity contribution is -0.140. The van der Waals surface area contributed by atoms with E-state index in [9.17, 15) is 26.3 Å².